The number of rotatable bonds is 5. The van der Waals surface area contributed by atoms with Gasteiger partial charge in [0.1, 0.15) is 22.6 Å². The van der Waals surface area contributed by atoms with E-state index in [1.54, 1.807) is 11.3 Å². The van der Waals surface area contributed by atoms with Crippen molar-refractivity contribution in [2.45, 2.75) is 64.8 Å². The maximum Gasteiger partial charge on any atom is 0.143 e. The van der Waals surface area contributed by atoms with Gasteiger partial charge >= 0.3 is 0 Å². The second-order valence-electron chi connectivity index (χ2n) is 7.86. The van der Waals surface area contributed by atoms with E-state index in [2.05, 4.69) is 60.7 Å². The summed E-state index contributed by atoms with van der Waals surface area (Å²) in [6, 6.07) is 16.4. The molecule has 0 aliphatic heterocycles. The fourth-order valence-electron chi connectivity index (χ4n) is 3.24. The Kier molecular flexibility index (Phi) is 6.31. The monoisotopic (exact) mass is 392 g/mol. The topological polar surface area (TPSA) is 54.5 Å². The summed E-state index contributed by atoms with van der Waals surface area (Å²) in [5, 5.41) is 18.0. The molecule has 0 atom stereocenters. The Labute approximate surface area is 171 Å². The minimum Gasteiger partial charge on any atom is -0.314 e. The molecule has 0 saturated heterocycles. The number of hydrogen-bond donors (Lipinski definition) is 0. The van der Waals surface area contributed by atoms with E-state index in [1.807, 2.05) is 30.3 Å². The van der Waals surface area contributed by atoms with Crippen LogP contribution in [0.1, 0.15) is 72.9 Å². The molecule has 2 aromatic heterocycles. The lowest BCUT2D eigenvalue weighted by atomic mass is 9.90. The third-order valence-corrected chi connectivity index (χ3v) is 6.31. The molecule has 0 bridgehead atoms. The van der Waals surface area contributed by atoms with Crippen LogP contribution < -0.4 is 0 Å². The Morgan fingerprint density at radius 1 is 1.14 bits per heavy atom. The van der Waals surface area contributed by atoms with Gasteiger partial charge in [0.25, 0.3) is 0 Å². The molecule has 4 rings (SSSR count). The summed E-state index contributed by atoms with van der Waals surface area (Å²) < 4.78 is 2.31. The van der Waals surface area contributed by atoms with E-state index in [0.717, 1.165) is 29.5 Å². The molecule has 1 aromatic carbocycles. The Morgan fingerprint density at radius 3 is 2.36 bits per heavy atom. The quantitative estimate of drug-likeness (QED) is 0.550. The summed E-state index contributed by atoms with van der Waals surface area (Å²) in [7, 11) is 0. The molecule has 1 aliphatic rings. The molecular weight excluding hydrogens is 364 g/mol. The first-order chi connectivity index (χ1) is 13.5. The van der Waals surface area contributed by atoms with E-state index in [1.165, 1.54) is 23.3 Å². The van der Waals surface area contributed by atoms with Gasteiger partial charge in [0.05, 0.1) is 5.41 Å². The summed E-state index contributed by atoms with van der Waals surface area (Å²) >= 11 is 1.55. The third-order valence-electron chi connectivity index (χ3n) is 5.00. The normalized spacial score (nSPS) is 13.5. The van der Waals surface area contributed by atoms with Crippen molar-refractivity contribution in [2.75, 3.05) is 0 Å². The van der Waals surface area contributed by atoms with Gasteiger partial charge in [-0.15, -0.1) is 21.5 Å². The zero-order chi connectivity index (χ0) is 20.1. The summed E-state index contributed by atoms with van der Waals surface area (Å²) in [5.41, 5.74) is 1.11. The molecule has 28 heavy (non-hydrogen) atoms. The Bertz CT molecular complexity index is 943. The summed E-state index contributed by atoms with van der Waals surface area (Å²) in [5.74, 6) is 2.78. The molecule has 0 spiro atoms. The number of aromatic nitrogens is 3. The van der Waals surface area contributed by atoms with E-state index in [9.17, 15) is 0 Å². The highest BCUT2D eigenvalue weighted by Gasteiger charge is 2.36. The molecule has 1 aliphatic carbocycles. The van der Waals surface area contributed by atoms with Crippen LogP contribution in [0.15, 0.2) is 42.5 Å². The van der Waals surface area contributed by atoms with E-state index < -0.39 is 0 Å². The number of aryl methyl sites for hydroxylation is 1. The zero-order valence-corrected chi connectivity index (χ0v) is 18.0. The van der Waals surface area contributed by atoms with Gasteiger partial charge in [-0.3, -0.25) is 0 Å². The second-order valence-corrected chi connectivity index (χ2v) is 8.95. The highest BCUT2D eigenvalue weighted by atomic mass is 32.1. The van der Waals surface area contributed by atoms with Crippen LogP contribution >= 0.6 is 11.3 Å². The van der Waals surface area contributed by atoms with Crippen molar-refractivity contribution >= 4 is 11.3 Å². The number of benzene rings is 1. The van der Waals surface area contributed by atoms with Gasteiger partial charge in [0.15, 0.2) is 0 Å². The van der Waals surface area contributed by atoms with Crippen LogP contribution in [0.3, 0.4) is 0 Å². The Morgan fingerprint density at radius 2 is 1.86 bits per heavy atom. The van der Waals surface area contributed by atoms with Crippen molar-refractivity contribution in [2.24, 2.45) is 0 Å². The van der Waals surface area contributed by atoms with Crippen molar-refractivity contribution in [3.8, 4) is 6.07 Å². The van der Waals surface area contributed by atoms with Gasteiger partial charge < -0.3 is 4.57 Å². The van der Waals surface area contributed by atoms with Crippen molar-refractivity contribution in [1.82, 2.24) is 14.8 Å². The largest absolute Gasteiger partial charge is 0.314 e. The Hall–Kier alpha value is -2.45. The molecule has 0 radical (unpaired) electrons. The van der Waals surface area contributed by atoms with E-state index in [-0.39, 0.29) is 5.41 Å². The SMILES string of the molecule is CCCn1c(C2CC2)nnc1C(C)(C)c1ccc(C#N)s1.Cc1ccccc1. The molecule has 2 heterocycles. The lowest BCUT2D eigenvalue weighted by Crippen LogP contribution is -2.24. The van der Waals surface area contributed by atoms with E-state index in [0.29, 0.717) is 5.92 Å². The molecule has 1 fully saturated rings. The van der Waals surface area contributed by atoms with Gasteiger partial charge in [-0.25, -0.2) is 0 Å². The molecule has 0 amide bonds. The third kappa shape index (κ3) is 4.51. The summed E-state index contributed by atoms with van der Waals surface area (Å²) in [6.45, 7) is 9.58. The summed E-state index contributed by atoms with van der Waals surface area (Å²) in [4.78, 5) is 1.92. The van der Waals surface area contributed by atoms with Crippen molar-refractivity contribution in [3.05, 3.63) is 69.4 Å². The fourth-order valence-corrected chi connectivity index (χ4v) is 4.14. The van der Waals surface area contributed by atoms with Gasteiger partial charge in [-0.05, 0) is 52.2 Å². The molecule has 4 nitrogen and oxygen atoms in total. The smallest absolute Gasteiger partial charge is 0.143 e. The number of thiophene rings is 1. The number of nitrogens with zero attached hydrogens (tertiary/aromatic N) is 4. The van der Waals surface area contributed by atoms with Crippen LogP contribution in [0.25, 0.3) is 0 Å². The number of hydrogen-bond acceptors (Lipinski definition) is 4. The van der Waals surface area contributed by atoms with Crippen LogP contribution in [0.4, 0.5) is 0 Å². The molecule has 0 unspecified atom stereocenters. The highest BCUT2D eigenvalue weighted by molar-refractivity contribution is 7.12. The molecule has 1 saturated carbocycles. The van der Waals surface area contributed by atoms with E-state index in [4.69, 9.17) is 5.26 Å². The predicted octanol–water partition coefficient (Wildman–Crippen LogP) is 5.82. The van der Waals surface area contributed by atoms with Crippen LogP contribution in [-0.2, 0) is 12.0 Å². The van der Waals surface area contributed by atoms with E-state index >= 15 is 0 Å². The highest BCUT2D eigenvalue weighted by Crippen LogP contribution is 2.42. The van der Waals surface area contributed by atoms with Crippen molar-refractivity contribution in [1.29, 1.82) is 5.26 Å². The molecule has 5 heteroatoms. The predicted molar refractivity (Wildman–Crippen MR) is 115 cm³/mol. The zero-order valence-electron chi connectivity index (χ0n) is 17.1. The molecule has 0 N–H and O–H groups in total. The first kappa shape index (κ1) is 20.3. The lowest BCUT2D eigenvalue weighted by Gasteiger charge is -2.23. The van der Waals surface area contributed by atoms with Crippen LogP contribution in [0.5, 0.6) is 0 Å². The minimum atomic E-state index is -0.213. The van der Waals surface area contributed by atoms with Gasteiger partial charge in [-0.1, -0.05) is 42.8 Å². The van der Waals surface area contributed by atoms with Gasteiger partial charge in [-0.2, -0.15) is 5.26 Å². The lowest BCUT2D eigenvalue weighted by molar-refractivity contribution is 0.522. The van der Waals surface area contributed by atoms with Gasteiger partial charge in [0.2, 0.25) is 0 Å². The second kappa shape index (κ2) is 8.70. The number of nitriles is 1. The minimum absolute atomic E-state index is 0.213. The maximum atomic E-state index is 9.04. The summed E-state index contributed by atoms with van der Waals surface area (Å²) in [6.07, 6.45) is 3.55. The average molecular weight is 393 g/mol. The van der Waals surface area contributed by atoms with Crippen LogP contribution in [0, 0.1) is 18.3 Å². The van der Waals surface area contributed by atoms with Crippen molar-refractivity contribution in [3.63, 3.8) is 0 Å². The van der Waals surface area contributed by atoms with Crippen LogP contribution in [0.2, 0.25) is 0 Å². The Balaban J connectivity index is 0.000000271. The molecule has 3 aromatic rings. The standard InChI is InChI=1S/C16H20N4S.C7H8/c1-4-9-20-14(11-5-6-11)18-19-15(20)16(2,3)13-8-7-12(10-17)21-13;1-7-5-3-2-4-6-7/h7-8,11H,4-6,9H2,1-3H3;2-6H,1H3. The van der Waals surface area contributed by atoms with Crippen LogP contribution in [-0.4, -0.2) is 14.8 Å². The van der Waals surface area contributed by atoms with Gasteiger partial charge in [0, 0.05) is 17.3 Å². The molecular formula is C23H28N4S. The molecule has 146 valence electrons. The van der Waals surface area contributed by atoms with Crippen molar-refractivity contribution < 1.29 is 0 Å². The fraction of sp³-hybridized carbons (Fsp3) is 0.435. The maximum absolute atomic E-state index is 9.04. The average Bonchev–Trinajstić information content (AvgIpc) is 3.24. The first-order valence-electron chi connectivity index (χ1n) is 9.93. The first-order valence-corrected chi connectivity index (χ1v) is 10.7.